The van der Waals surface area contributed by atoms with E-state index in [1.54, 1.807) is 0 Å². The summed E-state index contributed by atoms with van der Waals surface area (Å²) < 4.78 is 2.18. The lowest BCUT2D eigenvalue weighted by molar-refractivity contribution is 0.277. The maximum Gasteiger partial charge on any atom is 0.191 e. The van der Waals surface area contributed by atoms with Gasteiger partial charge in [-0.2, -0.15) is 0 Å². The highest BCUT2D eigenvalue weighted by atomic mass is 127. The molecule has 2 heterocycles. The first-order valence-electron chi connectivity index (χ1n) is 7.69. The van der Waals surface area contributed by atoms with E-state index in [1.165, 1.54) is 12.8 Å². The van der Waals surface area contributed by atoms with E-state index >= 15 is 0 Å². The Labute approximate surface area is 145 Å². The maximum absolute atomic E-state index is 6.06. The van der Waals surface area contributed by atoms with E-state index in [4.69, 9.17) is 5.73 Å². The van der Waals surface area contributed by atoms with Crippen molar-refractivity contribution in [2.45, 2.75) is 46.1 Å². The van der Waals surface area contributed by atoms with Gasteiger partial charge < -0.3 is 15.2 Å². The third-order valence-electron chi connectivity index (χ3n) is 4.11. The number of nitrogens with zero attached hydrogens (tertiary/aromatic N) is 4. The molecular formula is C15H28IN5. The number of aryl methyl sites for hydroxylation is 2. The molecule has 120 valence electrons. The van der Waals surface area contributed by atoms with E-state index < -0.39 is 0 Å². The van der Waals surface area contributed by atoms with Gasteiger partial charge in [0, 0.05) is 38.6 Å². The predicted molar refractivity (Wildman–Crippen MR) is 98.1 cm³/mol. The zero-order valence-electron chi connectivity index (χ0n) is 13.2. The molecule has 1 aromatic heterocycles. The van der Waals surface area contributed by atoms with Crippen LogP contribution < -0.4 is 5.73 Å². The van der Waals surface area contributed by atoms with Gasteiger partial charge in [0.05, 0.1) is 0 Å². The smallest absolute Gasteiger partial charge is 0.191 e. The lowest BCUT2D eigenvalue weighted by atomic mass is 10.00. The molecule has 0 saturated carbocycles. The molecule has 21 heavy (non-hydrogen) atoms. The minimum absolute atomic E-state index is 0. The van der Waals surface area contributed by atoms with Crippen LogP contribution in [0.25, 0.3) is 0 Å². The normalized spacial score (nSPS) is 16.9. The topological polar surface area (TPSA) is 59.4 Å². The van der Waals surface area contributed by atoms with Gasteiger partial charge in [0.15, 0.2) is 5.96 Å². The van der Waals surface area contributed by atoms with Crippen molar-refractivity contribution in [2.75, 3.05) is 19.6 Å². The van der Waals surface area contributed by atoms with Crippen molar-refractivity contribution in [1.82, 2.24) is 14.5 Å². The van der Waals surface area contributed by atoms with E-state index in [0.717, 1.165) is 56.7 Å². The van der Waals surface area contributed by atoms with Gasteiger partial charge in [0.2, 0.25) is 0 Å². The molecule has 1 aliphatic heterocycles. The van der Waals surface area contributed by atoms with Crippen LogP contribution >= 0.6 is 24.0 Å². The molecule has 0 atom stereocenters. The van der Waals surface area contributed by atoms with Crippen LogP contribution in [0.3, 0.4) is 0 Å². The van der Waals surface area contributed by atoms with Gasteiger partial charge in [-0.05, 0) is 38.5 Å². The van der Waals surface area contributed by atoms with Gasteiger partial charge in [-0.15, -0.1) is 24.0 Å². The first kappa shape index (κ1) is 18.3. The van der Waals surface area contributed by atoms with Crippen molar-refractivity contribution >= 4 is 29.9 Å². The summed E-state index contributed by atoms with van der Waals surface area (Å²) in [4.78, 5) is 11.0. The van der Waals surface area contributed by atoms with Crippen LogP contribution in [0.4, 0.5) is 0 Å². The Bertz CT molecular complexity index is 435. The molecule has 6 heteroatoms. The number of hydrogen-bond donors (Lipinski definition) is 1. The molecule has 0 unspecified atom stereocenters. The highest BCUT2D eigenvalue weighted by Crippen LogP contribution is 2.15. The van der Waals surface area contributed by atoms with Crippen LogP contribution in [0.5, 0.6) is 0 Å². The van der Waals surface area contributed by atoms with Gasteiger partial charge >= 0.3 is 0 Å². The number of aliphatic imine (C=N–C) groups is 1. The zero-order chi connectivity index (χ0) is 14.4. The SMILES string of the molecule is Cc1nccn1CCCCN=C(N)N1CCC(C)CC1.I. The van der Waals surface area contributed by atoms with Crippen molar-refractivity contribution in [2.24, 2.45) is 16.6 Å². The molecule has 0 aliphatic carbocycles. The van der Waals surface area contributed by atoms with Gasteiger partial charge in [-0.25, -0.2) is 4.98 Å². The largest absolute Gasteiger partial charge is 0.370 e. The number of piperidine rings is 1. The second kappa shape index (κ2) is 9.27. The van der Waals surface area contributed by atoms with Crippen LogP contribution in [0.2, 0.25) is 0 Å². The number of hydrogen-bond acceptors (Lipinski definition) is 2. The number of rotatable bonds is 5. The Morgan fingerprint density at radius 1 is 1.38 bits per heavy atom. The maximum atomic E-state index is 6.06. The monoisotopic (exact) mass is 405 g/mol. The van der Waals surface area contributed by atoms with Crippen LogP contribution in [-0.4, -0.2) is 40.0 Å². The fourth-order valence-corrected chi connectivity index (χ4v) is 2.57. The third-order valence-corrected chi connectivity index (χ3v) is 4.11. The van der Waals surface area contributed by atoms with E-state index in [9.17, 15) is 0 Å². The highest BCUT2D eigenvalue weighted by molar-refractivity contribution is 14.0. The fourth-order valence-electron chi connectivity index (χ4n) is 2.57. The Hall–Kier alpha value is -0.790. The number of guanidine groups is 1. The van der Waals surface area contributed by atoms with Crippen LogP contribution in [0.15, 0.2) is 17.4 Å². The van der Waals surface area contributed by atoms with E-state index in [1.807, 2.05) is 19.3 Å². The van der Waals surface area contributed by atoms with Crippen molar-refractivity contribution in [3.8, 4) is 0 Å². The molecule has 1 saturated heterocycles. The lowest BCUT2D eigenvalue weighted by Crippen LogP contribution is -2.42. The summed E-state index contributed by atoms with van der Waals surface area (Å²) in [5.74, 6) is 2.64. The van der Waals surface area contributed by atoms with Gasteiger partial charge in [-0.3, -0.25) is 4.99 Å². The summed E-state index contributed by atoms with van der Waals surface area (Å²) >= 11 is 0. The predicted octanol–water partition coefficient (Wildman–Crippen LogP) is 2.64. The van der Waals surface area contributed by atoms with Crippen LogP contribution in [-0.2, 0) is 6.54 Å². The quantitative estimate of drug-likeness (QED) is 0.355. The molecule has 2 N–H and O–H groups in total. The summed E-state index contributed by atoms with van der Waals surface area (Å²) in [5, 5.41) is 0. The van der Waals surface area contributed by atoms with Crippen molar-refractivity contribution in [1.29, 1.82) is 0 Å². The van der Waals surface area contributed by atoms with Crippen LogP contribution in [0.1, 0.15) is 38.4 Å². The first-order chi connectivity index (χ1) is 9.66. The summed E-state index contributed by atoms with van der Waals surface area (Å²) in [6.07, 6.45) is 8.53. The standard InChI is InChI=1S/C15H27N5.HI/c1-13-5-10-20(11-6-13)15(16)18-7-3-4-9-19-12-8-17-14(19)2;/h8,12-13H,3-7,9-11H2,1-2H3,(H2,16,18);1H. The molecule has 0 spiro atoms. The average molecular weight is 405 g/mol. The number of imidazole rings is 1. The Balaban J connectivity index is 0.00000220. The average Bonchev–Trinajstić information content (AvgIpc) is 2.84. The van der Waals surface area contributed by atoms with E-state index in [-0.39, 0.29) is 24.0 Å². The number of unbranched alkanes of at least 4 members (excludes halogenated alkanes) is 1. The summed E-state index contributed by atoms with van der Waals surface area (Å²) in [6.45, 7) is 8.31. The molecule has 0 bridgehead atoms. The zero-order valence-corrected chi connectivity index (χ0v) is 15.5. The number of likely N-dealkylation sites (tertiary alicyclic amines) is 1. The fraction of sp³-hybridized carbons (Fsp3) is 0.733. The Kier molecular flexibility index (Phi) is 8.06. The molecule has 1 fully saturated rings. The van der Waals surface area contributed by atoms with E-state index in [0.29, 0.717) is 0 Å². The molecule has 1 aromatic rings. The molecule has 0 aromatic carbocycles. The Morgan fingerprint density at radius 3 is 2.71 bits per heavy atom. The van der Waals surface area contributed by atoms with Crippen molar-refractivity contribution in [3.05, 3.63) is 18.2 Å². The molecule has 2 rings (SSSR count). The summed E-state index contributed by atoms with van der Waals surface area (Å²) in [5.41, 5.74) is 6.06. The summed E-state index contributed by atoms with van der Waals surface area (Å²) in [6, 6.07) is 0. The lowest BCUT2D eigenvalue weighted by Gasteiger charge is -2.31. The second-order valence-corrected chi connectivity index (χ2v) is 5.78. The Morgan fingerprint density at radius 2 is 2.10 bits per heavy atom. The minimum Gasteiger partial charge on any atom is -0.370 e. The number of nitrogens with two attached hydrogens (primary N) is 1. The summed E-state index contributed by atoms with van der Waals surface area (Å²) in [7, 11) is 0. The van der Waals surface area contributed by atoms with Gasteiger partial charge in [0.25, 0.3) is 0 Å². The first-order valence-corrected chi connectivity index (χ1v) is 7.69. The number of halogens is 1. The number of aromatic nitrogens is 2. The third kappa shape index (κ3) is 5.84. The molecule has 1 aliphatic rings. The van der Waals surface area contributed by atoms with Gasteiger partial charge in [-0.1, -0.05) is 6.92 Å². The van der Waals surface area contributed by atoms with Crippen LogP contribution in [0, 0.1) is 12.8 Å². The minimum atomic E-state index is 0. The van der Waals surface area contributed by atoms with Crippen molar-refractivity contribution < 1.29 is 0 Å². The molecule has 5 nitrogen and oxygen atoms in total. The molecular weight excluding hydrogens is 377 g/mol. The second-order valence-electron chi connectivity index (χ2n) is 5.78. The molecule has 0 amide bonds. The molecule has 0 radical (unpaired) electrons. The highest BCUT2D eigenvalue weighted by Gasteiger charge is 2.16. The van der Waals surface area contributed by atoms with Crippen molar-refractivity contribution in [3.63, 3.8) is 0 Å². The van der Waals surface area contributed by atoms with E-state index in [2.05, 4.69) is 26.4 Å². The van der Waals surface area contributed by atoms with Gasteiger partial charge in [0.1, 0.15) is 5.82 Å².